The van der Waals surface area contributed by atoms with Crippen LogP contribution in [0.25, 0.3) is 0 Å². The van der Waals surface area contributed by atoms with E-state index in [-0.39, 0.29) is 32.0 Å². The fourth-order valence-corrected chi connectivity index (χ4v) is 12.6. The maximum atomic E-state index is 12.9. The maximum Gasteiger partial charge on any atom is 0.306 e. The molecule has 89 heavy (non-hydrogen) atoms. The summed E-state index contributed by atoms with van der Waals surface area (Å²) in [5.41, 5.74) is 0. The Morgan fingerprint density at radius 2 is 0.607 bits per heavy atom. The monoisotopic (exact) mass is 1270 g/mol. The van der Waals surface area contributed by atoms with Crippen LogP contribution >= 0.6 is 7.82 Å². The smallest absolute Gasteiger partial charge is 0.306 e. The second-order valence-corrected chi connectivity index (χ2v) is 29.5. The summed E-state index contributed by atoms with van der Waals surface area (Å²) in [7, 11) is 1.19. The summed E-state index contributed by atoms with van der Waals surface area (Å²) < 4.78 is 34.4. The fraction of sp³-hybridized carbons (Fsp3) is 0.899. The average Bonchev–Trinajstić information content (AvgIpc) is 3.60. The predicted molar refractivity (Wildman–Crippen MR) is 384 cm³/mol. The molecule has 2 atom stereocenters. The lowest BCUT2D eigenvalue weighted by Crippen LogP contribution is -2.37. The number of carbonyl (C=O) groups is 2. The Hall–Kier alpha value is -1.77. The van der Waals surface area contributed by atoms with Gasteiger partial charge in [-0.25, -0.2) is 0 Å². The Balaban J connectivity index is 3.92. The van der Waals surface area contributed by atoms with Crippen LogP contribution in [0.15, 0.2) is 36.5 Å². The molecule has 0 aliphatic rings. The summed E-state index contributed by atoms with van der Waals surface area (Å²) in [5.74, 6) is -0.806. The van der Waals surface area contributed by atoms with E-state index in [1.165, 1.54) is 327 Å². The van der Waals surface area contributed by atoms with Crippen LogP contribution in [0, 0.1) is 0 Å². The molecule has 0 heterocycles. The Kier molecular flexibility index (Phi) is 69.1. The van der Waals surface area contributed by atoms with Gasteiger partial charge in [0.25, 0.3) is 7.82 Å². The van der Waals surface area contributed by atoms with Crippen molar-refractivity contribution in [3.63, 3.8) is 0 Å². The van der Waals surface area contributed by atoms with Crippen LogP contribution in [0.5, 0.6) is 0 Å². The van der Waals surface area contributed by atoms with Gasteiger partial charge in [-0.2, -0.15) is 0 Å². The molecule has 0 amide bonds. The zero-order chi connectivity index (χ0) is 64.8. The van der Waals surface area contributed by atoms with E-state index in [2.05, 4.69) is 50.3 Å². The van der Waals surface area contributed by atoms with E-state index in [1.54, 1.807) is 0 Å². The number of phosphoric ester groups is 1. The van der Waals surface area contributed by atoms with Crippen molar-refractivity contribution in [2.45, 2.75) is 412 Å². The Labute approximate surface area is 554 Å². The number of likely N-dealkylation sites (N-methyl/N-ethyl adjacent to an activating group) is 1. The van der Waals surface area contributed by atoms with Crippen molar-refractivity contribution in [2.24, 2.45) is 0 Å². The molecule has 526 valence electrons. The number of hydrogen-bond acceptors (Lipinski definition) is 8. The van der Waals surface area contributed by atoms with Gasteiger partial charge in [-0.3, -0.25) is 14.2 Å². The molecule has 0 spiro atoms. The third-order valence-corrected chi connectivity index (χ3v) is 18.9. The van der Waals surface area contributed by atoms with Crippen LogP contribution in [0.2, 0.25) is 0 Å². The summed E-state index contributed by atoms with van der Waals surface area (Å²) in [4.78, 5) is 38.1. The largest absolute Gasteiger partial charge is 0.756 e. The Bertz CT molecular complexity index is 1590. The molecule has 0 aromatic carbocycles. The molecule has 0 fully saturated rings. The van der Waals surface area contributed by atoms with Gasteiger partial charge in [-0.05, 0) is 51.4 Å². The van der Waals surface area contributed by atoms with Crippen LogP contribution in [-0.4, -0.2) is 70.0 Å². The molecule has 10 heteroatoms. The molecule has 0 saturated heterocycles. The van der Waals surface area contributed by atoms with Gasteiger partial charge >= 0.3 is 11.9 Å². The number of allylic oxidation sites excluding steroid dienone is 6. The van der Waals surface area contributed by atoms with E-state index in [0.29, 0.717) is 17.4 Å². The van der Waals surface area contributed by atoms with E-state index < -0.39 is 26.5 Å². The van der Waals surface area contributed by atoms with Crippen molar-refractivity contribution in [2.75, 3.05) is 47.5 Å². The molecular weight excluding hydrogens is 1120 g/mol. The predicted octanol–water partition coefficient (Wildman–Crippen LogP) is 25.2. The van der Waals surface area contributed by atoms with Crippen LogP contribution in [0.3, 0.4) is 0 Å². The van der Waals surface area contributed by atoms with E-state index in [0.717, 1.165) is 44.9 Å². The highest BCUT2D eigenvalue weighted by atomic mass is 31.2. The van der Waals surface area contributed by atoms with E-state index in [9.17, 15) is 19.0 Å². The maximum absolute atomic E-state index is 12.9. The molecular formula is C79H152NO8P. The molecule has 0 bridgehead atoms. The zero-order valence-electron chi connectivity index (χ0n) is 60.2. The SMILES string of the molecule is CCCCCCC/C=C\C/C=C\C/C=C\CCCCCCCCCCCCCCCCCCCCCCCCC(=O)OC(COC(=O)CCCCCCCCCCCCCCCCCCCCCCCCCCCCCC)COP(=O)([O-])OCC[N+](C)(C)C. The third kappa shape index (κ3) is 75.1. The van der Waals surface area contributed by atoms with E-state index in [1.807, 2.05) is 21.1 Å². The zero-order valence-corrected chi connectivity index (χ0v) is 61.1. The molecule has 0 aliphatic carbocycles. The van der Waals surface area contributed by atoms with Crippen molar-refractivity contribution >= 4 is 19.8 Å². The minimum atomic E-state index is -4.64. The molecule has 0 saturated carbocycles. The number of nitrogens with zero attached hydrogens (tertiary/aromatic N) is 1. The fourth-order valence-electron chi connectivity index (χ4n) is 11.9. The molecule has 0 rings (SSSR count). The van der Waals surface area contributed by atoms with Crippen molar-refractivity contribution in [3.05, 3.63) is 36.5 Å². The van der Waals surface area contributed by atoms with Gasteiger partial charge < -0.3 is 27.9 Å². The quantitative estimate of drug-likeness (QED) is 0.0195. The molecule has 0 aliphatic heterocycles. The standard InChI is InChI=1S/C79H152NO8P/c1-6-8-10-12-14-16-18-20-22-24-26-28-30-32-34-36-37-38-39-40-41-42-43-44-46-48-50-52-54-56-58-60-62-64-66-68-70-72-79(82)88-77(76-87-89(83,84)86-74-73-80(3,4)5)75-85-78(81)71-69-67-65-63-61-59-57-55-53-51-49-47-45-35-33-31-29-27-25-23-21-19-17-15-13-11-9-7-2/h18,20,24,26,30,32,77H,6-17,19,21-23,25,27-29,31,33-76H2,1-5H3/b20-18-,26-24-,32-30-. The van der Waals surface area contributed by atoms with Gasteiger partial charge in [0.1, 0.15) is 19.8 Å². The van der Waals surface area contributed by atoms with Gasteiger partial charge in [-0.15, -0.1) is 0 Å². The van der Waals surface area contributed by atoms with Crippen molar-refractivity contribution in [1.82, 2.24) is 0 Å². The van der Waals surface area contributed by atoms with Crippen LogP contribution in [0.1, 0.15) is 406 Å². The molecule has 9 nitrogen and oxygen atoms in total. The number of phosphoric acid groups is 1. The number of rotatable bonds is 74. The molecule has 0 N–H and O–H groups in total. The van der Waals surface area contributed by atoms with Crippen molar-refractivity contribution < 1.29 is 42.1 Å². The van der Waals surface area contributed by atoms with Crippen molar-refractivity contribution in [1.29, 1.82) is 0 Å². The number of esters is 2. The summed E-state index contributed by atoms with van der Waals surface area (Å²) in [6.07, 6.45) is 91.2. The Morgan fingerprint density at radius 3 is 0.899 bits per heavy atom. The van der Waals surface area contributed by atoms with Gasteiger partial charge in [-0.1, -0.05) is 378 Å². The summed E-state index contributed by atoms with van der Waals surface area (Å²) >= 11 is 0. The molecule has 0 aromatic heterocycles. The lowest BCUT2D eigenvalue weighted by molar-refractivity contribution is -0.870. The highest BCUT2D eigenvalue weighted by Crippen LogP contribution is 2.38. The van der Waals surface area contributed by atoms with Gasteiger partial charge in [0, 0.05) is 12.8 Å². The number of carbonyl (C=O) groups excluding carboxylic acids is 2. The number of quaternary nitrogens is 1. The summed E-state index contributed by atoms with van der Waals surface area (Å²) in [6, 6.07) is 0. The number of ether oxygens (including phenoxy) is 2. The summed E-state index contributed by atoms with van der Waals surface area (Å²) in [5, 5.41) is 0. The van der Waals surface area contributed by atoms with Gasteiger partial charge in [0.2, 0.25) is 0 Å². The first-order valence-corrected chi connectivity index (χ1v) is 40.7. The first-order valence-electron chi connectivity index (χ1n) is 39.2. The van der Waals surface area contributed by atoms with Crippen LogP contribution in [0.4, 0.5) is 0 Å². The average molecular weight is 1280 g/mol. The number of unbranched alkanes of at least 4 members (excludes halogenated alkanes) is 54. The highest BCUT2D eigenvalue weighted by molar-refractivity contribution is 7.45. The lowest BCUT2D eigenvalue weighted by atomic mass is 10.0. The normalized spacial score (nSPS) is 13.2. The molecule has 0 aromatic rings. The van der Waals surface area contributed by atoms with Crippen LogP contribution < -0.4 is 4.89 Å². The first-order chi connectivity index (χ1) is 43.5. The lowest BCUT2D eigenvalue weighted by Gasteiger charge is -2.28. The minimum absolute atomic E-state index is 0.0269. The van der Waals surface area contributed by atoms with Gasteiger partial charge in [0.15, 0.2) is 6.10 Å². The second kappa shape index (κ2) is 70.5. The highest BCUT2D eigenvalue weighted by Gasteiger charge is 2.22. The second-order valence-electron chi connectivity index (χ2n) is 28.1. The number of hydrogen-bond donors (Lipinski definition) is 0. The van der Waals surface area contributed by atoms with Crippen molar-refractivity contribution in [3.8, 4) is 0 Å². The topological polar surface area (TPSA) is 111 Å². The van der Waals surface area contributed by atoms with E-state index >= 15 is 0 Å². The van der Waals surface area contributed by atoms with Crippen LogP contribution in [-0.2, 0) is 32.7 Å². The van der Waals surface area contributed by atoms with E-state index in [4.69, 9.17) is 18.5 Å². The Morgan fingerprint density at radius 1 is 0.348 bits per heavy atom. The minimum Gasteiger partial charge on any atom is -0.756 e. The first kappa shape index (κ1) is 87.2. The molecule has 2 unspecified atom stereocenters. The molecule has 0 radical (unpaired) electrons. The summed E-state index contributed by atoms with van der Waals surface area (Å²) in [6.45, 7) is 4.31. The van der Waals surface area contributed by atoms with Gasteiger partial charge in [0.05, 0.1) is 27.7 Å². The third-order valence-electron chi connectivity index (χ3n) is 17.9.